The summed E-state index contributed by atoms with van der Waals surface area (Å²) in [4.78, 5) is 19.4. The van der Waals surface area contributed by atoms with E-state index in [1.807, 2.05) is 0 Å². The summed E-state index contributed by atoms with van der Waals surface area (Å²) < 4.78 is 13.1. The van der Waals surface area contributed by atoms with Crippen LogP contribution in [-0.2, 0) is 6.42 Å². The Morgan fingerprint density at radius 2 is 2.11 bits per heavy atom. The van der Waals surface area contributed by atoms with Crippen molar-refractivity contribution in [2.24, 2.45) is 5.73 Å². The number of carbonyl (C=O) groups is 1. The van der Waals surface area contributed by atoms with Crippen LogP contribution in [0.1, 0.15) is 27.4 Å². The highest BCUT2D eigenvalue weighted by Gasteiger charge is 2.14. The highest BCUT2D eigenvalue weighted by Crippen LogP contribution is 2.15. The van der Waals surface area contributed by atoms with Crippen molar-refractivity contribution in [3.8, 4) is 0 Å². The SMILES string of the molecule is Cc1nc(Cc2cccc(F)c2)nc(N)c1C(N)=O. The van der Waals surface area contributed by atoms with E-state index in [0.29, 0.717) is 17.9 Å². The number of primary amides is 1. The fourth-order valence-electron chi connectivity index (χ4n) is 1.87. The van der Waals surface area contributed by atoms with Gasteiger partial charge in [0.05, 0.1) is 5.69 Å². The normalized spacial score (nSPS) is 10.4. The molecule has 0 saturated heterocycles. The van der Waals surface area contributed by atoms with Crippen LogP contribution in [-0.4, -0.2) is 15.9 Å². The van der Waals surface area contributed by atoms with Crippen molar-refractivity contribution in [1.82, 2.24) is 9.97 Å². The van der Waals surface area contributed by atoms with Crippen molar-refractivity contribution in [3.05, 3.63) is 52.7 Å². The van der Waals surface area contributed by atoms with Crippen molar-refractivity contribution in [3.63, 3.8) is 0 Å². The van der Waals surface area contributed by atoms with Gasteiger partial charge in [-0.25, -0.2) is 14.4 Å². The number of amides is 1. The molecular weight excluding hydrogens is 247 g/mol. The molecule has 0 aliphatic heterocycles. The van der Waals surface area contributed by atoms with Crippen molar-refractivity contribution in [1.29, 1.82) is 0 Å². The molecule has 1 heterocycles. The molecule has 0 aliphatic rings. The second-order valence-electron chi connectivity index (χ2n) is 4.16. The third-order valence-electron chi connectivity index (χ3n) is 2.66. The lowest BCUT2D eigenvalue weighted by molar-refractivity contribution is 0.1000. The van der Waals surface area contributed by atoms with Crippen LogP contribution >= 0.6 is 0 Å². The topological polar surface area (TPSA) is 94.9 Å². The molecule has 0 aliphatic carbocycles. The molecule has 1 aromatic carbocycles. The Labute approximate surface area is 109 Å². The zero-order valence-electron chi connectivity index (χ0n) is 10.4. The number of rotatable bonds is 3. The molecule has 1 amide bonds. The summed E-state index contributed by atoms with van der Waals surface area (Å²) in [6, 6.07) is 6.13. The fourth-order valence-corrected chi connectivity index (χ4v) is 1.87. The van der Waals surface area contributed by atoms with Gasteiger partial charge >= 0.3 is 0 Å². The van der Waals surface area contributed by atoms with Gasteiger partial charge in [-0.15, -0.1) is 0 Å². The van der Waals surface area contributed by atoms with Gasteiger partial charge < -0.3 is 11.5 Å². The number of hydrogen-bond acceptors (Lipinski definition) is 4. The van der Waals surface area contributed by atoms with Crippen molar-refractivity contribution >= 4 is 11.7 Å². The predicted octanol–water partition coefficient (Wildman–Crippen LogP) is 1.20. The Morgan fingerprint density at radius 1 is 1.37 bits per heavy atom. The molecule has 0 unspecified atom stereocenters. The monoisotopic (exact) mass is 260 g/mol. The van der Waals surface area contributed by atoms with E-state index >= 15 is 0 Å². The third-order valence-corrected chi connectivity index (χ3v) is 2.66. The maximum absolute atomic E-state index is 13.1. The number of nitrogens with zero attached hydrogens (tertiary/aromatic N) is 2. The summed E-state index contributed by atoms with van der Waals surface area (Å²) in [5.41, 5.74) is 12.1. The summed E-state index contributed by atoms with van der Waals surface area (Å²) in [6.07, 6.45) is 0.335. The molecule has 0 bridgehead atoms. The van der Waals surface area contributed by atoms with Gasteiger partial charge in [0.25, 0.3) is 5.91 Å². The fraction of sp³-hybridized carbons (Fsp3) is 0.154. The zero-order chi connectivity index (χ0) is 14.0. The van der Waals surface area contributed by atoms with Crippen LogP contribution in [0.15, 0.2) is 24.3 Å². The first kappa shape index (κ1) is 12.9. The maximum Gasteiger partial charge on any atom is 0.254 e. The van der Waals surface area contributed by atoms with E-state index in [4.69, 9.17) is 11.5 Å². The quantitative estimate of drug-likeness (QED) is 0.866. The molecule has 1 aromatic heterocycles. The van der Waals surface area contributed by atoms with Gasteiger partial charge in [-0.05, 0) is 24.6 Å². The second kappa shape index (κ2) is 5.01. The van der Waals surface area contributed by atoms with Crippen LogP contribution < -0.4 is 11.5 Å². The predicted molar refractivity (Wildman–Crippen MR) is 68.9 cm³/mol. The van der Waals surface area contributed by atoms with Crippen LogP contribution in [0.25, 0.3) is 0 Å². The standard InChI is InChI=1S/C13H13FN4O/c1-7-11(13(16)19)12(15)18-10(17-7)6-8-3-2-4-9(14)5-8/h2-5H,6H2,1H3,(H2,16,19)(H2,15,17,18). The van der Waals surface area contributed by atoms with E-state index in [1.54, 1.807) is 19.1 Å². The molecule has 2 aromatic rings. The first-order valence-corrected chi connectivity index (χ1v) is 5.64. The number of hydrogen-bond donors (Lipinski definition) is 2. The van der Waals surface area contributed by atoms with Crippen molar-refractivity contribution in [2.45, 2.75) is 13.3 Å². The Bertz CT molecular complexity index is 619. The summed E-state index contributed by atoms with van der Waals surface area (Å²) in [7, 11) is 0. The molecule has 2 rings (SSSR count). The van der Waals surface area contributed by atoms with Crippen LogP contribution in [0, 0.1) is 12.7 Å². The van der Waals surface area contributed by atoms with Crippen LogP contribution in [0.2, 0.25) is 0 Å². The molecule has 19 heavy (non-hydrogen) atoms. The minimum atomic E-state index is -0.660. The van der Waals surface area contributed by atoms with E-state index in [1.165, 1.54) is 12.1 Å². The number of carbonyl (C=O) groups excluding carboxylic acids is 1. The van der Waals surface area contributed by atoms with E-state index in [9.17, 15) is 9.18 Å². The number of anilines is 1. The number of aryl methyl sites for hydroxylation is 1. The number of benzene rings is 1. The number of nitrogens with two attached hydrogens (primary N) is 2. The lowest BCUT2D eigenvalue weighted by Gasteiger charge is -2.07. The summed E-state index contributed by atoms with van der Waals surface area (Å²) in [5.74, 6) is -0.514. The highest BCUT2D eigenvalue weighted by molar-refractivity contribution is 5.98. The third kappa shape index (κ3) is 2.85. The van der Waals surface area contributed by atoms with Crippen LogP contribution in [0.5, 0.6) is 0 Å². The van der Waals surface area contributed by atoms with Gasteiger partial charge in [-0.2, -0.15) is 0 Å². The summed E-state index contributed by atoms with van der Waals surface area (Å²) in [5, 5.41) is 0. The molecule has 0 spiro atoms. The molecule has 6 heteroatoms. The van der Waals surface area contributed by atoms with E-state index in [-0.39, 0.29) is 17.2 Å². The molecule has 98 valence electrons. The lowest BCUT2D eigenvalue weighted by Crippen LogP contribution is -2.18. The minimum Gasteiger partial charge on any atom is -0.383 e. The Morgan fingerprint density at radius 3 is 2.68 bits per heavy atom. The zero-order valence-corrected chi connectivity index (χ0v) is 10.4. The molecule has 0 radical (unpaired) electrons. The average molecular weight is 260 g/mol. The Hall–Kier alpha value is -2.50. The van der Waals surface area contributed by atoms with Gasteiger partial charge in [-0.3, -0.25) is 4.79 Å². The van der Waals surface area contributed by atoms with E-state index in [2.05, 4.69) is 9.97 Å². The average Bonchev–Trinajstić information content (AvgIpc) is 2.27. The number of halogens is 1. The lowest BCUT2D eigenvalue weighted by atomic mass is 10.1. The smallest absolute Gasteiger partial charge is 0.254 e. The maximum atomic E-state index is 13.1. The van der Waals surface area contributed by atoms with Crippen molar-refractivity contribution in [2.75, 3.05) is 5.73 Å². The van der Waals surface area contributed by atoms with Gasteiger partial charge in [0.1, 0.15) is 23.0 Å². The number of aromatic nitrogens is 2. The first-order chi connectivity index (χ1) is 8.97. The molecule has 0 fully saturated rings. The molecular formula is C13H13FN4O. The van der Waals surface area contributed by atoms with E-state index in [0.717, 1.165) is 5.56 Å². The highest BCUT2D eigenvalue weighted by atomic mass is 19.1. The summed E-state index contributed by atoms with van der Waals surface area (Å²) in [6.45, 7) is 1.63. The number of nitrogen functional groups attached to an aromatic ring is 1. The van der Waals surface area contributed by atoms with Gasteiger partial charge in [0.2, 0.25) is 0 Å². The second-order valence-corrected chi connectivity index (χ2v) is 4.16. The van der Waals surface area contributed by atoms with E-state index < -0.39 is 5.91 Å². The van der Waals surface area contributed by atoms with Crippen molar-refractivity contribution < 1.29 is 9.18 Å². The summed E-state index contributed by atoms with van der Waals surface area (Å²) >= 11 is 0. The first-order valence-electron chi connectivity index (χ1n) is 5.64. The molecule has 0 saturated carbocycles. The van der Waals surface area contributed by atoms with Crippen LogP contribution in [0.4, 0.5) is 10.2 Å². The minimum absolute atomic E-state index is 0.0476. The Balaban J connectivity index is 2.35. The Kier molecular flexibility index (Phi) is 3.41. The molecule has 4 N–H and O–H groups in total. The van der Waals surface area contributed by atoms with Gasteiger partial charge in [0, 0.05) is 6.42 Å². The van der Waals surface area contributed by atoms with Crippen LogP contribution in [0.3, 0.4) is 0 Å². The molecule has 5 nitrogen and oxygen atoms in total. The van der Waals surface area contributed by atoms with Gasteiger partial charge in [-0.1, -0.05) is 12.1 Å². The largest absolute Gasteiger partial charge is 0.383 e. The molecule has 0 atom stereocenters. The van der Waals surface area contributed by atoms with Gasteiger partial charge in [0.15, 0.2) is 0 Å².